The molecule has 1 saturated heterocycles. The van der Waals surface area contributed by atoms with Gasteiger partial charge in [0.2, 0.25) is 0 Å². The van der Waals surface area contributed by atoms with E-state index < -0.39 is 0 Å². The summed E-state index contributed by atoms with van der Waals surface area (Å²) in [7, 11) is 0. The van der Waals surface area contributed by atoms with Gasteiger partial charge in [-0.1, -0.05) is 66.7 Å². The van der Waals surface area contributed by atoms with Crippen molar-refractivity contribution in [3.63, 3.8) is 0 Å². The second-order valence-electron chi connectivity index (χ2n) is 8.77. The van der Waals surface area contributed by atoms with Crippen molar-refractivity contribution >= 4 is 12.0 Å². The number of carbonyl (C=O) groups is 1. The molecule has 0 atom stereocenters. The van der Waals surface area contributed by atoms with E-state index in [0.29, 0.717) is 18.4 Å². The molecule has 1 amide bonds. The second-order valence-corrected chi connectivity index (χ2v) is 8.77. The molecule has 1 fully saturated rings. The van der Waals surface area contributed by atoms with Crippen LogP contribution in [0.3, 0.4) is 0 Å². The van der Waals surface area contributed by atoms with Crippen LogP contribution in [0.15, 0.2) is 91.3 Å². The number of amides is 1. The predicted octanol–water partition coefficient (Wildman–Crippen LogP) is 5.08. The summed E-state index contributed by atoms with van der Waals surface area (Å²) in [5, 5.41) is 0. The lowest BCUT2D eigenvalue weighted by molar-refractivity contribution is -0.128. The highest BCUT2D eigenvalue weighted by Gasteiger charge is 2.28. The van der Waals surface area contributed by atoms with Crippen molar-refractivity contribution in [1.82, 2.24) is 15.4 Å². The van der Waals surface area contributed by atoms with E-state index in [1.54, 1.807) is 18.5 Å². The van der Waals surface area contributed by atoms with E-state index in [1.807, 2.05) is 12.1 Å². The fourth-order valence-electron chi connectivity index (χ4n) is 4.73. The molecule has 1 aliphatic heterocycles. The number of rotatable bonds is 10. The van der Waals surface area contributed by atoms with Crippen molar-refractivity contribution < 1.29 is 9.63 Å². The average molecular weight is 456 g/mol. The molecule has 0 spiro atoms. The molecule has 5 heteroatoms. The van der Waals surface area contributed by atoms with Crippen LogP contribution in [0, 0.1) is 5.92 Å². The summed E-state index contributed by atoms with van der Waals surface area (Å²) in [5.41, 5.74) is 6.18. The number of hydrogen-bond acceptors (Lipinski definition) is 4. The molecule has 1 aromatic heterocycles. The van der Waals surface area contributed by atoms with Crippen molar-refractivity contribution in [3.8, 4) is 0 Å². The maximum atomic E-state index is 11.9. The molecule has 4 rings (SSSR count). The van der Waals surface area contributed by atoms with E-state index in [0.717, 1.165) is 31.6 Å². The lowest BCUT2D eigenvalue weighted by atomic mass is 9.76. The Hall–Kier alpha value is -3.28. The molecule has 1 N–H and O–H groups in total. The maximum absolute atomic E-state index is 11.9. The molecular weight excluding hydrogens is 422 g/mol. The van der Waals surface area contributed by atoms with Crippen LogP contribution >= 0.6 is 0 Å². The summed E-state index contributed by atoms with van der Waals surface area (Å²) in [6, 6.07) is 25.6. The van der Waals surface area contributed by atoms with Crippen LogP contribution in [0.1, 0.15) is 41.9 Å². The van der Waals surface area contributed by atoms with Crippen molar-refractivity contribution in [2.24, 2.45) is 5.92 Å². The monoisotopic (exact) mass is 455 g/mol. The molecule has 3 aromatic rings. The Labute approximate surface area is 202 Å². The minimum atomic E-state index is -0.266. The lowest BCUT2D eigenvalue weighted by Gasteiger charge is -2.36. The van der Waals surface area contributed by atoms with Crippen LogP contribution in [0.25, 0.3) is 6.08 Å². The Balaban J connectivity index is 1.18. The summed E-state index contributed by atoms with van der Waals surface area (Å²) >= 11 is 0. The summed E-state index contributed by atoms with van der Waals surface area (Å²) in [6.07, 6.45) is 9.84. The topological polar surface area (TPSA) is 54.5 Å². The largest absolute Gasteiger partial charge is 0.303 e. The molecule has 0 radical (unpaired) electrons. The Morgan fingerprint density at radius 3 is 2.29 bits per heavy atom. The normalized spacial score (nSPS) is 15.1. The van der Waals surface area contributed by atoms with Gasteiger partial charge in [-0.05, 0) is 67.1 Å². The van der Waals surface area contributed by atoms with Crippen LogP contribution in [0.5, 0.6) is 0 Å². The van der Waals surface area contributed by atoms with Crippen molar-refractivity contribution in [3.05, 3.63) is 108 Å². The van der Waals surface area contributed by atoms with Gasteiger partial charge in [-0.2, -0.15) is 0 Å². The number of aromatic nitrogens is 1. The molecule has 176 valence electrons. The first-order valence-corrected chi connectivity index (χ1v) is 12.1. The summed E-state index contributed by atoms with van der Waals surface area (Å²) < 4.78 is 0. The number of carbonyl (C=O) groups excluding carboxylic acids is 1. The van der Waals surface area contributed by atoms with E-state index in [1.165, 1.54) is 30.0 Å². The Morgan fingerprint density at radius 1 is 1.00 bits per heavy atom. The Morgan fingerprint density at radius 2 is 1.68 bits per heavy atom. The van der Waals surface area contributed by atoms with Crippen LogP contribution in [-0.4, -0.2) is 42.0 Å². The van der Waals surface area contributed by atoms with Crippen LogP contribution in [0.2, 0.25) is 0 Å². The number of hydrogen-bond donors (Lipinski definition) is 1. The smallest absolute Gasteiger partial charge is 0.267 e. The van der Waals surface area contributed by atoms with Gasteiger partial charge in [-0.3, -0.25) is 14.6 Å². The van der Waals surface area contributed by atoms with Gasteiger partial charge >= 0.3 is 0 Å². The van der Waals surface area contributed by atoms with E-state index in [-0.39, 0.29) is 5.91 Å². The van der Waals surface area contributed by atoms with Gasteiger partial charge in [-0.15, -0.1) is 0 Å². The van der Waals surface area contributed by atoms with Crippen molar-refractivity contribution in [2.45, 2.75) is 25.2 Å². The first kappa shape index (κ1) is 23.9. The van der Waals surface area contributed by atoms with Gasteiger partial charge in [0.05, 0.1) is 6.61 Å². The number of likely N-dealkylation sites (tertiary alicyclic amines) is 1. The van der Waals surface area contributed by atoms with Gasteiger partial charge in [0, 0.05) is 30.9 Å². The molecule has 0 aliphatic carbocycles. The summed E-state index contributed by atoms with van der Waals surface area (Å²) in [5.74, 6) is 0.823. The third-order valence-electron chi connectivity index (χ3n) is 6.43. The Kier molecular flexibility index (Phi) is 9.00. The number of hydroxylamine groups is 1. The first-order chi connectivity index (χ1) is 16.8. The third-order valence-corrected chi connectivity index (χ3v) is 6.43. The fourth-order valence-corrected chi connectivity index (χ4v) is 4.73. The third kappa shape index (κ3) is 7.11. The zero-order valence-corrected chi connectivity index (χ0v) is 19.6. The second kappa shape index (κ2) is 12.8. The molecule has 5 nitrogen and oxygen atoms in total. The first-order valence-electron chi connectivity index (χ1n) is 12.1. The standard InChI is InChI=1S/C29H33N3O2/c33-28(15-14-24-9-7-18-30-23-24)31-34-22-8-19-32-20-16-27(17-21-32)29(25-10-3-1-4-11-25)26-12-5-2-6-13-26/h1-7,9-15,18,23,27,29H,8,16-17,19-22H2,(H,31,33). The van der Waals surface area contributed by atoms with Crippen molar-refractivity contribution in [2.75, 3.05) is 26.2 Å². The van der Waals surface area contributed by atoms with Gasteiger partial charge in [0.15, 0.2) is 0 Å². The highest BCUT2D eigenvalue weighted by atomic mass is 16.6. The molecule has 1 aliphatic rings. The molecule has 2 heterocycles. The average Bonchev–Trinajstić information content (AvgIpc) is 2.90. The molecule has 0 unspecified atom stereocenters. The minimum Gasteiger partial charge on any atom is -0.303 e. The Bertz CT molecular complexity index is 978. The van der Waals surface area contributed by atoms with Crippen molar-refractivity contribution in [1.29, 1.82) is 0 Å². The van der Waals surface area contributed by atoms with Crippen LogP contribution in [0.4, 0.5) is 0 Å². The van der Waals surface area contributed by atoms with Crippen LogP contribution < -0.4 is 5.48 Å². The number of piperidine rings is 1. The van der Waals surface area contributed by atoms with Crippen LogP contribution in [-0.2, 0) is 9.63 Å². The summed E-state index contributed by atoms with van der Waals surface area (Å²) in [6.45, 7) is 3.68. The molecular formula is C29H33N3O2. The van der Waals surface area contributed by atoms with E-state index in [9.17, 15) is 4.79 Å². The number of nitrogens with zero attached hydrogens (tertiary/aromatic N) is 2. The highest BCUT2D eigenvalue weighted by Crippen LogP contribution is 2.37. The molecule has 0 saturated carbocycles. The fraction of sp³-hybridized carbons (Fsp3) is 0.310. The molecule has 34 heavy (non-hydrogen) atoms. The van der Waals surface area contributed by atoms with E-state index in [4.69, 9.17) is 4.84 Å². The number of benzene rings is 2. The number of nitrogens with one attached hydrogen (secondary N) is 1. The number of pyridine rings is 1. The zero-order valence-electron chi connectivity index (χ0n) is 19.6. The molecule has 0 bridgehead atoms. The van der Waals surface area contributed by atoms with Gasteiger partial charge in [0.1, 0.15) is 0 Å². The lowest BCUT2D eigenvalue weighted by Crippen LogP contribution is -2.37. The molecule has 2 aromatic carbocycles. The minimum absolute atomic E-state index is 0.266. The summed E-state index contributed by atoms with van der Waals surface area (Å²) in [4.78, 5) is 23.7. The van der Waals surface area contributed by atoms with E-state index >= 15 is 0 Å². The quantitative estimate of drug-likeness (QED) is 0.263. The van der Waals surface area contributed by atoms with E-state index in [2.05, 4.69) is 76.0 Å². The van der Waals surface area contributed by atoms with Gasteiger partial charge in [0.25, 0.3) is 5.91 Å². The maximum Gasteiger partial charge on any atom is 0.267 e. The zero-order chi connectivity index (χ0) is 23.4. The predicted molar refractivity (Wildman–Crippen MR) is 136 cm³/mol. The highest BCUT2D eigenvalue weighted by molar-refractivity contribution is 5.90. The van der Waals surface area contributed by atoms with Gasteiger partial charge in [-0.25, -0.2) is 5.48 Å². The van der Waals surface area contributed by atoms with Gasteiger partial charge < -0.3 is 4.90 Å². The SMILES string of the molecule is O=C(C=Cc1cccnc1)NOCCCN1CCC(C(c2ccccc2)c2ccccc2)CC1.